The van der Waals surface area contributed by atoms with E-state index in [0.29, 0.717) is 37.1 Å². The van der Waals surface area contributed by atoms with Gasteiger partial charge in [0.2, 0.25) is 12.3 Å². The van der Waals surface area contributed by atoms with Crippen molar-refractivity contribution in [3.05, 3.63) is 59.3 Å². The largest absolute Gasteiger partial charge is 0.344 e. The van der Waals surface area contributed by atoms with Crippen LogP contribution < -0.4 is 4.90 Å². The number of rotatable bonds is 4. The van der Waals surface area contributed by atoms with E-state index in [9.17, 15) is 23.2 Å². The molecule has 1 saturated carbocycles. The molecule has 3 fully saturated rings. The lowest BCUT2D eigenvalue weighted by Gasteiger charge is -2.66. The molecule has 2 spiro atoms. The first-order chi connectivity index (χ1) is 15.2. The Kier molecular flexibility index (Phi) is 4.54. The quantitative estimate of drug-likeness (QED) is 0.682. The van der Waals surface area contributed by atoms with E-state index in [1.165, 1.54) is 24.4 Å². The second-order valence-electron chi connectivity index (χ2n) is 9.21. The number of anilines is 1. The molecular formula is C23H22F2N4O3. The number of hydrogen-bond acceptors (Lipinski definition) is 4. The van der Waals surface area contributed by atoms with Gasteiger partial charge in [-0.1, -0.05) is 12.1 Å². The van der Waals surface area contributed by atoms with E-state index in [2.05, 4.69) is 4.98 Å². The van der Waals surface area contributed by atoms with Crippen LogP contribution in [0.15, 0.2) is 36.5 Å². The lowest BCUT2D eigenvalue weighted by Crippen LogP contribution is -2.79. The molecule has 166 valence electrons. The molecule has 32 heavy (non-hydrogen) atoms. The van der Waals surface area contributed by atoms with Gasteiger partial charge < -0.3 is 9.80 Å². The molecule has 0 unspecified atom stereocenters. The van der Waals surface area contributed by atoms with E-state index < -0.39 is 11.4 Å². The Morgan fingerprint density at radius 3 is 2.44 bits per heavy atom. The lowest BCUT2D eigenvalue weighted by molar-refractivity contribution is -0.188. The molecule has 0 bridgehead atoms. The third kappa shape index (κ3) is 3.06. The first-order valence-electron chi connectivity index (χ1n) is 10.4. The van der Waals surface area contributed by atoms with Crippen molar-refractivity contribution in [2.24, 2.45) is 5.41 Å². The summed E-state index contributed by atoms with van der Waals surface area (Å²) in [6.45, 7) is 2.58. The van der Waals surface area contributed by atoms with Crippen molar-refractivity contribution in [1.82, 2.24) is 14.8 Å². The number of pyridine rings is 1. The molecule has 7 nitrogen and oxygen atoms in total. The Labute approximate surface area is 183 Å². The molecule has 3 aliphatic rings. The topological polar surface area (TPSA) is 73.8 Å². The van der Waals surface area contributed by atoms with Crippen molar-refractivity contribution in [2.45, 2.75) is 31.8 Å². The minimum atomic E-state index is -1.14. The van der Waals surface area contributed by atoms with Crippen LogP contribution in [0, 0.1) is 24.0 Å². The normalized spacial score (nSPS) is 21.0. The van der Waals surface area contributed by atoms with Crippen LogP contribution in [0.4, 0.5) is 14.6 Å². The van der Waals surface area contributed by atoms with Crippen LogP contribution in [0.5, 0.6) is 0 Å². The summed E-state index contributed by atoms with van der Waals surface area (Å²) >= 11 is 0. The van der Waals surface area contributed by atoms with Gasteiger partial charge in [0.05, 0.1) is 0 Å². The number of likely N-dealkylation sites (tertiary alicyclic amines) is 1. The number of aryl methyl sites for hydroxylation is 1. The molecule has 2 aromatic rings. The van der Waals surface area contributed by atoms with Gasteiger partial charge >= 0.3 is 0 Å². The van der Waals surface area contributed by atoms with Gasteiger partial charge in [-0.25, -0.2) is 13.8 Å². The summed E-state index contributed by atoms with van der Waals surface area (Å²) in [6.07, 6.45) is 3.02. The number of nitrogens with zero attached hydrogens (tertiary/aromatic N) is 4. The second kappa shape index (κ2) is 7.08. The zero-order chi connectivity index (χ0) is 22.7. The maximum atomic E-state index is 14.7. The molecule has 0 atom stereocenters. The summed E-state index contributed by atoms with van der Waals surface area (Å²) in [5.41, 5.74) is -0.0532. The standard InChI is InChI=1S/C23H22F2N4O3/c1-15-6-18(25)20(26-7-15)28-9-19(31)29(8-16-2-4-17(24)5-3-16)23(21(28)32)10-22(11-23)12-27(13-22)14-30/h2-7,14H,8-13H2,1H3. The number of amides is 3. The molecule has 1 aliphatic carbocycles. The summed E-state index contributed by atoms with van der Waals surface area (Å²) < 4.78 is 28.0. The zero-order valence-corrected chi connectivity index (χ0v) is 17.6. The Morgan fingerprint density at radius 2 is 1.81 bits per heavy atom. The molecule has 0 N–H and O–H groups in total. The minimum Gasteiger partial charge on any atom is -0.344 e. The van der Waals surface area contributed by atoms with Crippen molar-refractivity contribution in [1.29, 1.82) is 0 Å². The van der Waals surface area contributed by atoms with Crippen LogP contribution in [-0.2, 0) is 20.9 Å². The molecule has 2 saturated heterocycles. The van der Waals surface area contributed by atoms with Crippen LogP contribution in [0.1, 0.15) is 24.0 Å². The zero-order valence-electron chi connectivity index (χ0n) is 17.6. The fraction of sp³-hybridized carbons (Fsp3) is 0.391. The van der Waals surface area contributed by atoms with E-state index in [-0.39, 0.29) is 42.0 Å². The first kappa shape index (κ1) is 20.5. The Hall–Kier alpha value is -3.36. The monoisotopic (exact) mass is 440 g/mol. The number of carbonyl (C=O) groups is 3. The Balaban J connectivity index is 1.49. The van der Waals surface area contributed by atoms with Gasteiger partial charge in [0.25, 0.3) is 5.91 Å². The molecule has 5 rings (SSSR count). The van der Waals surface area contributed by atoms with Crippen molar-refractivity contribution in [3.63, 3.8) is 0 Å². The maximum Gasteiger partial charge on any atom is 0.254 e. The highest BCUT2D eigenvalue weighted by molar-refractivity contribution is 6.09. The van der Waals surface area contributed by atoms with E-state index in [1.807, 2.05) is 0 Å². The predicted octanol–water partition coefficient (Wildman–Crippen LogP) is 2.03. The average Bonchev–Trinajstić information content (AvgIpc) is 2.70. The average molecular weight is 440 g/mol. The number of benzene rings is 1. The number of piperazine rings is 1. The van der Waals surface area contributed by atoms with Crippen LogP contribution in [-0.4, -0.2) is 58.2 Å². The summed E-state index contributed by atoms with van der Waals surface area (Å²) in [5.74, 6) is -1.89. The van der Waals surface area contributed by atoms with Crippen LogP contribution in [0.2, 0.25) is 0 Å². The fourth-order valence-corrected chi connectivity index (χ4v) is 5.45. The van der Waals surface area contributed by atoms with E-state index in [0.717, 1.165) is 11.3 Å². The number of carbonyl (C=O) groups excluding carboxylic acids is 3. The van der Waals surface area contributed by atoms with E-state index in [1.54, 1.807) is 28.9 Å². The van der Waals surface area contributed by atoms with Gasteiger partial charge in [0.15, 0.2) is 11.6 Å². The van der Waals surface area contributed by atoms with Gasteiger partial charge in [-0.15, -0.1) is 0 Å². The van der Waals surface area contributed by atoms with Crippen molar-refractivity contribution >= 4 is 24.0 Å². The van der Waals surface area contributed by atoms with Gasteiger partial charge in [-0.05, 0) is 49.1 Å². The number of halogens is 2. The smallest absolute Gasteiger partial charge is 0.254 e. The summed E-state index contributed by atoms with van der Waals surface area (Å²) in [7, 11) is 0. The van der Waals surface area contributed by atoms with Crippen LogP contribution >= 0.6 is 0 Å². The highest BCUT2D eigenvalue weighted by atomic mass is 19.1. The lowest BCUT2D eigenvalue weighted by atomic mass is 9.52. The molecule has 0 radical (unpaired) electrons. The molecule has 1 aromatic heterocycles. The SMILES string of the molecule is Cc1cnc(N2CC(=O)N(Cc3ccc(F)cc3)C3(CC4(CN(C=O)C4)C3)C2=O)c(F)c1. The highest BCUT2D eigenvalue weighted by Crippen LogP contribution is 2.58. The molecule has 3 amide bonds. The fourth-order valence-electron chi connectivity index (χ4n) is 5.45. The van der Waals surface area contributed by atoms with Crippen LogP contribution in [0.3, 0.4) is 0 Å². The third-order valence-corrected chi connectivity index (χ3v) is 6.78. The number of aromatic nitrogens is 1. The summed E-state index contributed by atoms with van der Waals surface area (Å²) in [6, 6.07) is 7.08. The van der Waals surface area contributed by atoms with Gasteiger partial charge in [0, 0.05) is 31.2 Å². The minimum absolute atomic E-state index is 0.149. The van der Waals surface area contributed by atoms with Crippen molar-refractivity contribution in [2.75, 3.05) is 24.5 Å². The maximum absolute atomic E-state index is 14.7. The Morgan fingerprint density at radius 1 is 1.12 bits per heavy atom. The molecular weight excluding hydrogens is 418 g/mol. The van der Waals surface area contributed by atoms with Crippen molar-refractivity contribution < 1.29 is 23.2 Å². The molecule has 3 heterocycles. The summed E-state index contributed by atoms with van der Waals surface area (Å²) in [4.78, 5) is 46.4. The van der Waals surface area contributed by atoms with E-state index in [4.69, 9.17) is 0 Å². The molecule has 9 heteroatoms. The second-order valence-corrected chi connectivity index (χ2v) is 9.21. The first-order valence-corrected chi connectivity index (χ1v) is 10.4. The molecule has 1 aromatic carbocycles. The van der Waals surface area contributed by atoms with Crippen LogP contribution in [0.25, 0.3) is 0 Å². The van der Waals surface area contributed by atoms with E-state index >= 15 is 0 Å². The van der Waals surface area contributed by atoms with Gasteiger partial charge in [-0.3, -0.25) is 19.3 Å². The third-order valence-electron chi connectivity index (χ3n) is 6.78. The summed E-state index contributed by atoms with van der Waals surface area (Å²) in [5, 5.41) is 0. The molecule has 2 aliphatic heterocycles. The van der Waals surface area contributed by atoms with Crippen molar-refractivity contribution in [3.8, 4) is 0 Å². The Bertz CT molecular complexity index is 1110. The predicted molar refractivity (Wildman–Crippen MR) is 110 cm³/mol. The highest BCUT2D eigenvalue weighted by Gasteiger charge is 2.68. The number of hydrogen-bond donors (Lipinski definition) is 0. The van der Waals surface area contributed by atoms with Gasteiger partial charge in [0.1, 0.15) is 17.9 Å². The van der Waals surface area contributed by atoms with Gasteiger partial charge in [-0.2, -0.15) is 0 Å².